The van der Waals surface area contributed by atoms with E-state index in [1.807, 2.05) is 71.3 Å². The number of amides is 1. The van der Waals surface area contributed by atoms with E-state index < -0.39 is 12.0 Å². The number of aromatic nitrogens is 1. The number of rotatable bonds is 12. The molecular formula is C30H35Cl2N3O4. The molecule has 0 spiro atoms. The van der Waals surface area contributed by atoms with Gasteiger partial charge in [-0.1, -0.05) is 55.8 Å². The topological polar surface area (TPSA) is 80.8 Å². The third-order valence-electron chi connectivity index (χ3n) is 6.39. The average molecular weight is 573 g/mol. The van der Waals surface area contributed by atoms with Gasteiger partial charge in [-0.15, -0.1) is 0 Å². The van der Waals surface area contributed by atoms with Crippen molar-refractivity contribution in [2.75, 3.05) is 27.2 Å². The van der Waals surface area contributed by atoms with Crippen LogP contribution in [0, 0.1) is 12.8 Å². The number of carbonyl (C=O) groups excluding carboxylic acids is 2. The molecule has 0 saturated heterocycles. The van der Waals surface area contributed by atoms with Crippen LogP contribution in [-0.4, -0.2) is 55.0 Å². The van der Waals surface area contributed by atoms with E-state index in [9.17, 15) is 9.59 Å². The minimum Gasteiger partial charge on any atom is -0.492 e. The Morgan fingerprint density at radius 2 is 1.82 bits per heavy atom. The predicted octanol–water partition coefficient (Wildman–Crippen LogP) is 6.55. The fraction of sp³-hybridized carbons (Fsp3) is 0.367. The summed E-state index contributed by atoms with van der Waals surface area (Å²) in [5, 5.41) is 3.43. The number of carbonyl (C=O) groups is 2. The van der Waals surface area contributed by atoms with Gasteiger partial charge >= 0.3 is 5.97 Å². The fourth-order valence-electron chi connectivity index (χ4n) is 4.12. The van der Waals surface area contributed by atoms with Crippen LogP contribution in [0.4, 0.5) is 0 Å². The van der Waals surface area contributed by atoms with Crippen LogP contribution in [0.25, 0.3) is 22.4 Å². The minimum absolute atomic E-state index is 0.0214. The molecule has 2 aromatic carbocycles. The number of hydrogen-bond donors (Lipinski definition) is 1. The Bertz CT molecular complexity index is 1300. The zero-order chi connectivity index (χ0) is 28.5. The second-order valence-electron chi connectivity index (χ2n) is 10.1. The Hall–Kier alpha value is -3.13. The summed E-state index contributed by atoms with van der Waals surface area (Å²) in [6.07, 6.45) is 2.36. The highest BCUT2D eigenvalue weighted by Crippen LogP contribution is 2.37. The van der Waals surface area contributed by atoms with Crippen molar-refractivity contribution >= 4 is 35.3 Å². The van der Waals surface area contributed by atoms with Crippen LogP contribution in [0.5, 0.6) is 5.75 Å². The molecule has 0 aliphatic rings. The summed E-state index contributed by atoms with van der Waals surface area (Å²) < 4.78 is 10.3. The zero-order valence-corrected chi connectivity index (χ0v) is 24.5. The molecule has 1 amide bonds. The number of aryl methyl sites for hydroxylation is 1. The largest absolute Gasteiger partial charge is 0.492 e. The van der Waals surface area contributed by atoms with Gasteiger partial charge in [-0.05, 0) is 62.7 Å². The number of pyridine rings is 1. The summed E-state index contributed by atoms with van der Waals surface area (Å²) >= 11 is 11.7. The molecule has 1 unspecified atom stereocenters. The third-order valence-corrected chi connectivity index (χ3v) is 6.88. The lowest BCUT2D eigenvalue weighted by atomic mass is 9.95. The first kappa shape index (κ1) is 30.4. The van der Waals surface area contributed by atoms with E-state index in [4.69, 9.17) is 33.2 Å². The van der Waals surface area contributed by atoms with E-state index in [2.05, 4.69) is 14.5 Å². The van der Waals surface area contributed by atoms with Gasteiger partial charge in [-0.25, -0.2) is 0 Å². The molecule has 1 heterocycles. The van der Waals surface area contributed by atoms with E-state index in [0.29, 0.717) is 22.9 Å². The molecule has 0 fully saturated rings. The molecule has 1 atom stereocenters. The van der Waals surface area contributed by atoms with Crippen molar-refractivity contribution in [1.29, 1.82) is 0 Å². The lowest BCUT2D eigenvalue weighted by Gasteiger charge is -2.21. The molecule has 1 N–H and O–H groups in total. The fourth-order valence-corrected chi connectivity index (χ4v) is 4.36. The van der Waals surface area contributed by atoms with E-state index >= 15 is 0 Å². The molecule has 208 valence electrons. The number of hydrogen-bond acceptors (Lipinski definition) is 6. The van der Waals surface area contributed by atoms with Crippen LogP contribution in [0.1, 0.15) is 42.6 Å². The first-order valence-electron chi connectivity index (χ1n) is 12.9. The SMILES string of the molecule is Cc1ccccc1-c1ncc(C(=O)NC(CC(=O)OCl)C(C)C)cc1-c1ccc(Cl)c(OCCCN(C)C)c1. The molecule has 1 aromatic heterocycles. The summed E-state index contributed by atoms with van der Waals surface area (Å²) in [6, 6.07) is 14.9. The number of ether oxygens (including phenoxy) is 1. The molecule has 0 bridgehead atoms. The Morgan fingerprint density at radius 1 is 1.08 bits per heavy atom. The van der Waals surface area contributed by atoms with Crippen LogP contribution in [0.15, 0.2) is 54.7 Å². The second kappa shape index (κ2) is 14.3. The Kier molecular flexibility index (Phi) is 11.2. The van der Waals surface area contributed by atoms with E-state index in [1.165, 1.54) is 0 Å². The summed E-state index contributed by atoms with van der Waals surface area (Å²) in [5.41, 5.74) is 4.67. The normalized spacial score (nSPS) is 11.9. The van der Waals surface area contributed by atoms with Crippen molar-refractivity contribution in [3.05, 3.63) is 70.9 Å². The van der Waals surface area contributed by atoms with Crippen LogP contribution in [0.3, 0.4) is 0 Å². The van der Waals surface area contributed by atoms with Gasteiger partial charge in [0.05, 0.1) is 29.3 Å². The molecule has 0 aliphatic carbocycles. The molecule has 0 saturated carbocycles. The minimum atomic E-state index is -0.608. The van der Waals surface area contributed by atoms with Gasteiger partial charge in [0.1, 0.15) is 17.6 Å². The predicted molar refractivity (Wildman–Crippen MR) is 156 cm³/mol. The van der Waals surface area contributed by atoms with Crippen LogP contribution < -0.4 is 10.1 Å². The highest BCUT2D eigenvalue weighted by Gasteiger charge is 2.23. The van der Waals surface area contributed by atoms with E-state index in [-0.39, 0.29) is 18.2 Å². The van der Waals surface area contributed by atoms with Crippen molar-refractivity contribution in [1.82, 2.24) is 15.2 Å². The maximum atomic E-state index is 13.3. The van der Waals surface area contributed by atoms with E-state index in [0.717, 1.165) is 40.9 Å². The number of nitrogens with one attached hydrogen (secondary N) is 1. The Balaban J connectivity index is 2.01. The first-order valence-corrected chi connectivity index (χ1v) is 13.5. The molecular weight excluding hydrogens is 537 g/mol. The molecule has 3 rings (SSSR count). The highest BCUT2D eigenvalue weighted by molar-refractivity contribution is 6.32. The second-order valence-corrected chi connectivity index (χ2v) is 10.6. The molecule has 7 nitrogen and oxygen atoms in total. The third kappa shape index (κ3) is 8.43. The van der Waals surface area contributed by atoms with Crippen LogP contribution in [-0.2, 0) is 9.08 Å². The van der Waals surface area contributed by atoms with Gasteiger partial charge in [-0.2, -0.15) is 0 Å². The first-order chi connectivity index (χ1) is 18.6. The molecule has 3 aromatic rings. The summed E-state index contributed by atoms with van der Waals surface area (Å²) in [4.78, 5) is 31.9. The van der Waals surface area contributed by atoms with Gasteiger partial charge < -0.3 is 19.2 Å². The maximum Gasteiger partial charge on any atom is 0.326 e. The lowest BCUT2D eigenvalue weighted by molar-refractivity contribution is -0.134. The van der Waals surface area contributed by atoms with Crippen molar-refractivity contribution in [3.63, 3.8) is 0 Å². The summed E-state index contributed by atoms with van der Waals surface area (Å²) in [5.74, 6) is -0.413. The van der Waals surface area contributed by atoms with Crippen molar-refractivity contribution in [3.8, 4) is 28.1 Å². The van der Waals surface area contributed by atoms with Crippen molar-refractivity contribution in [2.45, 2.75) is 39.7 Å². The highest BCUT2D eigenvalue weighted by atomic mass is 35.5. The lowest BCUT2D eigenvalue weighted by Crippen LogP contribution is -2.40. The quantitative estimate of drug-likeness (QED) is 0.248. The summed E-state index contributed by atoms with van der Waals surface area (Å²) in [7, 11) is 4.04. The van der Waals surface area contributed by atoms with Gasteiger partial charge in [-0.3, -0.25) is 14.6 Å². The molecule has 0 aliphatic heterocycles. The van der Waals surface area contributed by atoms with Crippen LogP contribution >= 0.6 is 23.5 Å². The number of benzene rings is 2. The standard InChI is InChI=1S/C30H35Cl2N3O4/c1-19(2)26(17-28(36)39-32)34-30(37)22-15-24(29(33-18-22)23-10-7-6-9-20(23)3)21-11-12-25(31)27(16-21)38-14-8-13-35(4)5/h6-7,9-12,15-16,18-19,26H,8,13-14,17H2,1-5H3,(H,34,37). The van der Waals surface area contributed by atoms with Crippen LogP contribution in [0.2, 0.25) is 5.02 Å². The summed E-state index contributed by atoms with van der Waals surface area (Å²) in [6.45, 7) is 7.26. The molecule has 0 radical (unpaired) electrons. The maximum absolute atomic E-state index is 13.3. The molecule has 9 heteroatoms. The van der Waals surface area contributed by atoms with Gasteiger partial charge in [0.15, 0.2) is 0 Å². The zero-order valence-electron chi connectivity index (χ0n) is 23.0. The van der Waals surface area contributed by atoms with Gasteiger partial charge in [0, 0.05) is 29.9 Å². The Morgan fingerprint density at radius 3 is 2.49 bits per heavy atom. The van der Waals surface area contributed by atoms with E-state index in [1.54, 1.807) is 18.3 Å². The smallest absolute Gasteiger partial charge is 0.326 e. The van der Waals surface area contributed by atoms with Crippen molar-refractivity contribution < 1.29 is 18.6 Å². The van der Waals surface area contributed by atoms with Gasteiger partial charge in [0.25, 0.3) is 5.91 Å². The molecule has 39 heavy (non-hydrogen) atoms. The monoisotopic (exact) mass is 571 g/mol. The number of halogens is 2. The Labute approximate surface area is 240 Å². The average Bonchev–Trinajstić information content (AvgIpc) is 2.91. The van der Waals surface area contributed by atoms with Crippen molar-refractivity contribution in [2.24, 2.45) is 5.92 Å². The van der Waals surface area contributed by atoms with Gasteiger partial charge in [0.2, 0.25) is 0 Å². The number of nitrogens with zero attached hydrogens (tertiary/aromatic N) is 2.